The monoisotopic (exact) mass is 397 g/mol. The van der Waals surface area contributed by atoms with E-state index < -0.39 is 0 Å². The van der Waals surface area contributed by atoms with Crippen LogP contribution in [-0.4, -0.2) is 33.5 Å². The van der Waals surface area contributed by atoms with Gasteiger partial charge < -0.3 is 10.6 Å². The third-order valence-corrected chi connectivity index (χ3v) is 4.52. The molecule has 0 unspecified atom stereocenters. The minimum Gasteiger partial charge on any atom is -0.338 e. The van der Waals surface area contributed by atoms with E-state index in [0.29, 0.717) is 17.9 Å². The number of nitrogens with zero attached hydrogens (tertiary/aromatic N) is 3. The Morgan fingerprint density at radius 2 is 1.72 bits per heavy atom. The topological polar surface area (TPSA) is 81.0 Å². The van der Waals surface area contributed by atoms with Crippen molar-refractivity contribution in [3.05, 3.63) is 76.5 Å². The summed E-state index contributed by atoms with van der Waals surface area (Å²) in [5.74, 6) is 0.0949. The Morgan fingerprint density at radius 3 is 2.45 bits per heavy atom. The van der Waals surface area contributed by atoms with Crippen LogP contribution in [0.15, 0.2) is 59.4 Å². The summed E-state index contributed by atoms with van der Waals surface area (Å²) in [5, 5.41) is 9.82. The molecule has 152 valence electrons. The van der Waals surface area contributed by atoms with Crippen LogP contribution in [-0.2, 0) is 20.0 Å². The van der Waals surface area contributed by atoms with Crippen molar-refractivity contribution in [2.24, 2.45) is 7.05 Å². The maximum Gasteiger partial charge on any atom is 0.345 e. The van der Waals surface area contributed by atoms with Crippen LogP contribution in [0.25, 0.3) is 11.4 Å². The first kappa shape index (κ1) is 20.3. The quantitative estimate of drug-likeness (QED) is 0.573. The normalized spacial score (nSPS) is 10.7. The minimum atomic E-state index is -0.350. The van der Waals surface area contributed by atoms with Gasteiger partial charge >= 0.3 is 11.7 Å². The van der Waals surface area contributed by atoms with Crippen molar-refractivity contribution in [2.75, 3.05) is 13.1 Å². The molecular weight excluding hydrogens is 373 g/mol. The average Bonchev–Trinajstić information content (AvgIpc) is 3.01. The predicted molar refractivity (Wildman–Crippen MR) is 109 cm³/mol. The van der Waals surface area contributed by atoms with Gasteiger partial charge in [-0.3, -0.25) is 4.57 Å². The van der Waals surface area contributed by atoms with Gasteiger partial charge in [-0.1, -0.05) is 30.3 Å². The van der Waals surface area contributed by atoms with E-state index >= 15 is 0 Å². The third-order valence-electron chi connectivity index (χ3n) is 4.52. The first-order valence-electron chi connectivity index (χ1n) is 9.50. The predicted octanol–water partition coefficient (Wildman–Crippen LogP) is 2.32. The molecule has 3 rings (SSSR count). The molecule has 2 aromatic carbocycles. The van der Waals surface area contributed by atoms with Gasteiger partial charge in [0.05, 0.1) is 6.54 Å². The van der Waals surface area contributed by atoms with E-state index in [9.17, 15) is 14.0 Å². The second-order valence-corrected chi connectivity index (χ2v) is 6.67. The Morgan fingerprint density at radius 1 is 1.03 bits per heavy atom. The Labute approximate surface area is 168 Å². The van der Waals surface area contributed by atoms with Gasteiger partial charge in [-0.15, -0.1) is 5.10 Å². The summed E-state index contributed by atoms with van der Waals surface area (Å²) >= 11 is 0. The molecule has 2 amide bonds. The number of hydrogen-bond donors (Lipinski definition) is 2. The van der Waals surface area contributed by atoms with E-state index in [1.54, 1.807) is 19.2 Å². The molecule has 29 heavy (non-hydrogen) atoms. The van der Waals surface area contributed by atoms with Crippen molar-refractivity contribution in [3.8, 4) is 11.4 Å². The highest BCUT2D eigenvalue weighted by atomic mass is 19.1. The second kappa shape index (κ2) is 9.68. The number of nitrogens with one attached hydrogen (secondary N) is 2. The summed E-state index contributed by atoms with van der Waals surface area (Å²) in [6.45, 7) is 1.08. The highest BCUT2D eigenvalue weighted by Gasteiger charge is 2.12. The zero-order valence-electron chi connectivity index (χ0n) is 16.3. The minimum absolute atomic E-state index is 0.241. The van der Waals surface area contributed by atoms with E-state index in [-0.39, 0.29) is 30.6 Å². The van der Waals surface area contributed by atoms with Crippen LogP contribution >= 0.6 is 0 Å². The van der Waals surface area contributed by atoms with E-state index in [1.165, 1.54) is 26.9 Å². The number of halogens is 1. The molecule has 0 saturated heterocycles. The third kappa shape index (κ3) is 5.54. The Kier molecular flexibility index (Phi) is 6.78. The lowest BCUT2D eigenvalue weighted by Gasteiger charge is -2.07. The lowest BCUT2D eigenvalue weighted by Crippen LogP contribution is -2.39. The SMILES string of the molecule is Cn1c(-c2ccc(F)cc2)nn(CCNC(=O)NCCCc2ccccc2)c1=O. The summed E-state index contributed by atoms with van der Waals surface area (Å²) in [6.07, 6.45) is 1.74. The maximum atomic E-state index is 13.1. The van der Waals surface area contributed by atoms with Gasteiger partial charge in [0.15, 0.2) is 5.82 Å². The highest BCUT2D eigenvalue weighted by Crippen LogP contribution is 2.15. The molecule has 1 heterocycles. The summed E-state index contributed by atoms with van der Waals surface area (Å²) < 4.78 is 15.8. The summed E-state index contributed by atoms with van der Waals surface area (Å²) in [4.78, 5) is 24.2. The molecule has 7 nitrogen and oxygen atoms in total. The standard InChI is InChI=1S/C21H24FN5O2/c1-26-19(17-9-11-18(22)12-10-17)25-27(21(26)29)15-14-24-20(28)23-13-5-8-16-6-3-2-4-7-16/h2-4,6-7,9-12H,5,8,13-15H2,1H3,(H2,23,24,28). The molecule has 0 spiro atoms. The van der Waals surface area contributed by atoms with Crippen LogP contribution in [0.2, 0.25) is 0 Å². The van der Waals surface area contributed by atoms with Crippen LogP contribution in [0.4, 0.5) is 9.18 Å². The summed E-state index contributed by atoms with van der Waals surface area (Å²) in [7, 11) is 1.61. The first-order chi connectivity index (χ1) is 14.0. The van der Waals surface area contributed by atoms with Gasteiger partial charge in [0.25, 0.3) is 0 Å². The summed E-state index contributed by atoms with van der Waals surface area (Å²) in [5.41, 5.74) is 1.59. The number of amides is 2. The van der Waals surface area contributed by atoms with Crippen molar-refractivity contribution in [1.29, 1.82) is 0 Å². The zero-order chi connectivity index (χ0) is 20.6. The Balaban J connectivity index is 1.44. The molecule has 0 aliphatic rings. The number of benzene rings is 2. The molecule has 0 aliphatic heterocycles. The van der Waals surface area contributed by atoms with Crippen LogP contribution < -0.4 is 16.3 Å². The van der Waals surface area contributed by atoms with Crippen molar-refractivity contribution in [1.82, 2.24) is 25.0 Å². The van der Waals surface area contributed by atoms with Gasteiger partial charge in [-0.05, 0) is 42.7 Å². The fourth-order valence-corrected chi connectivity index (χ4v) is 2.96. The molecular formula is C21H24FN5O2. The van der Waals surface area contributed by atoms with Crippen LogP contribution in [0.1, 0.15) is 12.0 Å². The number of urea groups is 1. The molecule has 8 heteroatoms. The molecule has 3 aromatic rings. The van der Waals surface area contributed by atoms with Gasteiger partial charge in [0.2, 0.25) is 0 Å². The fraction of sp³-hybridized carbons (Fsp3) is 0.286. The lowest BCUT2D eigenvalue weighted by molar-refractivity contribution is 0.240. The number of aryl methyl sites for hydroxylation is 1. The molecule has 0 aliphatic carbocycles. The van der Waals surface area contributed by atoms with Gasteiger partial charge in [-0.25, -0.2) is 18.7 Å². The van der Waals surface area contributed by atoms with Crippen LogP contribution in [0.5, 0.6) is 0 Å². The van der Waals surface area contributed by atoms with E-state index in [0.717, 1.165) is 12.8 Å². The van der Waals surface area contributed by atoms with Crippen molar-refractivity contribution >= 4 is 6.03 Å². The largest absolute Gasteiger partial charge is 0.345 e. The lowest BCUT2D eigenvalue weighted by atomic mass is 10.1. The molecule has 1 aromatic heterocycles. The molecule has 0 saturated carbocycles. The van der Waals surface area contributed by atoms with Crippen molar-refractivity contribution < 1.29 is 9.18 Å². The van der Waals surface area contributed by atoms with Gasteiger partial charge in [0.1, 0.15) is 5.82 Å². The molecule has 0 fully saturated rings. The van der Waals surface area contributed by atoms with Crippen molar-refractivity contribution in [2.45, 2.75) is 19.4 Å². The zero-order valence-corrected chi connectivity index (χ0v) is 16.3. The number of carbonyl (C=O) groups excluding carboxylic acids is 1. The molecule has 2 N–H and O–H groups in total. The van der Waals surface area contributed by atoms with Crippen LogP contribution in [0.3, 0.4) is 0 Å². The van der Waals surface area contributed by atoms with Crippen LogP contribution in [0, 0.1) is 5.82 Å². The second-order valence-electron chi connectivity index (χ2n) is 6.67. The van der Waals surface area contributed by atoms with E-state index in [1.807, 2.05) is 18.2 Å². The fourth-order valence-electron chi connectivity index (χ4n) is 2.96. The number of carbonyl (C=O) groups is 1. The summed E-state index contributed by atoms with van der Waals surface area (Å²) in [6, 6.07) is 15.6. The number of hydrogen-bond acceptors (Lipinski definition) is 3. The number of aromatic nitrogens is 3. The molecule has 0 bridgehead atoms. The smallest absolute Gasteiger partial charge is 0.338 e. The highest BCUT2D eigenvalue weighted by molar-refractivity contribution is 5.73. The van der Waals surface area contributed by atoms with Gasteiger partial charge in [0, 0.05) is 25.7 Å². The molecule has 0 atom stereocenters. The van der Waals surface area contributed by atoms with Gasteiger partial charge in [-0.2, -0.15) is 0 Å². The Bertz CT molecular complexity index is 996. The first-order valence-corrected chi connectivity index (χ1v) is 9.50. The Hall–Kier alpha value is -3.42. The van der Waals surface area contributed by atoms with E-state index in [4.69, 9.17) is 0 Å². The van der Waals surface area contributed by atoms with E-state index in [2.05, 4.69) is 27.9 Å². The molecule has 0 radical (unpaired) electrons. The van der Waals surface area contributed by atoms with Crippen molar-refractivity contribution in [3.63, 3.8) is 0 Å². The number of rotatable bonds is 8. The average molecular weight is 397 g/mol. The maximum absolute atomic E-state index is 13.1.